The molecule has 0 aromatic rings. The molecule has 0 aromatic carbocycles. The summed E-state index contributed by atoms with van der Waals surface area (Å²) in [6, 6.07) is 2.28. The van der Waals surface area contributed by atoms with Gasteiger partial charge in [-0.2, -0.15) is 0 Å². The van der Waals surface area contributed by atoms with Gasteiger partial charge in [0.05, 0.1) is 0 Å². The van der Waals surface area contributed by atoms with Gasteiger partial charge in [0.15, 0.2) is 0 Å². The maximum Gasteiger partial charge on any atom is 0.0254 e. The van der Waals surface area contributed by atoms with Crippen molar-refractivity contribution >= 4 is 0 Å². The van der Waals surface area contributed by atoms with Crippen molar-refractivity contribution in [2.45, 2.75) is 44.8 Å². The molecule has 1 N–H and O–H groups in total. The maximum absolute atomic E-state index is 3.54. The van der Waals surface area contributed by atoms with Gasteiger partial charge in [0.2, 0.25) is 0 Å². The number of rotatable bonds is 2. The summed E-state index contributed by atoms with van der Waals surface area (Å²) < 4.78 is 0. The first-order chi connectivity index (χ1) is 7.58. The molecule has 4 atom stereocenters. The van der Waals surface area contributed by atoms with E-state index in [9.17, 15) is 0 Å². The van der Waals surface area contributed by atoms with Crippen molar-refractivity contribution in [3.8, 4) is 0 Å². The van der Waals surface area contributed by atoms with E-state index in [0.717, 1.165) is 18.0 Å². The molecule has 0 aliphatic carbocycles. The molecule has 3 heteroatoms. The average Bonchev–Trinajstić information content (AvgIpc) is 2.60. The summed E-state index contributed by atoms with van der Waals surface area (Å²) in [5.41, 5.74) is 0. The highest BCUT2D eigenvalue weighted by atomic mass is 15.3. The molecule has 2 fully saturated rings. The monoisotopic (exact) mass is 225 g/mol. The van der Waals surface area contributed by atoms with Crippen molar-refractivity contribution < 1.29 is 0 Å². The van der Waals surface area contributed by atoms with E-state index in [-0.39, 0.29) is 0 Å². The molecular formula is C13H27N3. The fourth-order valence-corrected chi connectivity index (χ4v) is 3.39. The molecule has 2 aliphatic rings. The Hall–Kier alpha value is -0.120. The number of nitrogens with one attached hydrogen (secondary N) is 1. The van der Waals surface area contributed by atoms with Crippen molar-refractivity contribution in [3.63, 3.8) is 0 Å². The lowest BCUT2D eigenvalue weighted by Gasteiger charge is -2.35. The van der Waals surface area contributed by atoms with Crippen LogP contribution in [0, 0.1) is 5.92 Å². The van der Waals surface area contributed by atoms with Crippen LogP contribution in [0.3, 0.4) is 0 Å². The summed E-state index contributed by atoms with van der Waals surface area (Å²) in [6.07, 6.45) is 2.66. The number of likely N-dealkylation sites (tertiary alicyclic amines) is 1. The second kappa shape index (κ2) is 5.03. The molecule has 16 heavy (non-hydrogen) atoms. The van der Waals surface area contributed by atoms with E-state index < -0.39 is 0 Å². The summed E-state index contributed by atoms with van der Waals surface area (Å²) in [7, 11) is 4.44. The zero-order valence-electron chi connectivity index (χ0n) is 11.2. The van der Waals surface area contributed by atoms with Gasteiger partial charge in [-0.15, -0.1) is 0 Å². The predicted molar refractivity (Wildman–Crippen MR) is 68.7 cm³/mol. The normalized spacial score (nSPS) is 41.8. The van der Waals surface area contributed by atoms with Crippen LogP contribution in [0.1, 0.15) is 26.7 Å². The van der Waals surface area contributed by atoms with Crippen LogP contribution in [0.2, 0.25) is 0 Å². The van der Waals surface area contributed by atoms with E-state index in [0.29, 0.717) is 6.04 Å². The van der Waals surface area contributed by atoms with Gasteiger partial charge in [-0.25, -0.2) is 0 Å². The van der Waals surface area contributed by atoms with E-state index >= 15 is 0 Å². The Labute approximate surface area is 100 Å². The van der Waals surface area contributed by atoms with E-state index in [1.54, 1.807) is 0 Å². The third-order valence-electron chi connectivity index (χ3n) is 4.38. The highest BCUT2D eigenvalue weighted by Gasteiger charge is 2.35. The average molecular weight is 225 g/mol. The Bertz CT molecular complexity index is 229. The molecule has 3 nitrogen and oxygen atoms in total. The predicted octanol–water partition coefficient (Wildman–Crippen LogP) is 1.01. The summed E-state index contributed by atoms with van der Waals surface area (Å²) >= 11 is 0. The first-order valence-corrected chi connectivity index (χ1v) is 6.71. The lowest BCUT2D eigenvalue weighted by Crippen LogP contribution is -2.46. The molecule has 0 aromatic heterocycles. The van der Waals surface area contributed by atoms with Crippen LogP contribution in [0.25, 0.3) is 0 Å². The standard InChI is InChI=1S/C13H27N3/c1-10-8-16(9-13(10)15(3)4)12-5-6-14-11(2)7-12/h10-14H,5-9H2,1-4H3. The Morgan fingerprint density at radius 2 is 1.94 bits per heavy atom. The molecule has 2 heterocycles. The SMILES string of the molecule is CC1CC(N2CC(C)C(N(C)C)C2)CCN1. The van der Waals surface area contributed by atoms with Gasteiger partial charge in [0.25, 0.3) is 0 Å². The number of hydrogen-bond acceptors (Lipinski definition) is 3. The largest absolute Gasteiger partial charge is 0.314 e. The quantitative estimate of drug-likeness (QED) is 0.757. The third-order valence-corrected chi connectivity index (χ3v) is 4.38. The van der Waals surface area contributed by atoms with Crippen LogP contribution in [-0.4, -0.2) is 61.7 Å². The van der Waals surface area contributed by atoms with Crippen molar-refractivity contribution in [1.29, 1.82) is 0 Å². The van der Waals surface area contributed by atoms with E-state index in [2.05, 4.69) is 43.1 Å². The van der Waals surface area contributed by atoms with Gasteiger partial charge in [0, 0.05) is 31.2 Å². The zero-order valence-corrected chi connectivity index (χ0v) is 11.2. The highest BCUT2D eigenvalue weighted by molar-refractivity contribution is 4.92. The summed E-state index contributed by atoms with van der Waals surface area (Å²) in [6.45, 7) is 8.47. The zero-order chi connectivity index (χ0) is 11.7. The van der Waals surface area contributed by atoms with Crippen LogP contribution in [-0.2, 0) is 0 Å². The summed E-state index contributed by atoms with van der Waals surface area (Å²) in [5, 5.41) is 3.54. The van der Waals surface area contributed by atoms with Gasteiger partial charge in [-0.05, 0) is 46.3 Å². The van der Waals surface area contributed by atoms with Crippen LogP contribution in [0.4, 0.5) is 0 Å². The Morgan fingerprint density at radius 3 is 2.50 bits per heavy atom. The smallest absolute Gasteiger partial charge is 0.0254 e. The van der Waals surface area contributed by atoms with Gasteiger partial charge >= 0.3 is 0 Å². The van der Waals surface area contributed by atoms with E-state index in [1.165, 1.54) is 32.5 Å². The molecule has 2 saturated heterocycles. The highest BCUT2D eigenvalue weighted by Crippen LogP contribution is 2.26. The Kier molecular flexibility index (Phi) is 3.88. The molecule has 2 rings (SSSR count). The Morgan fingerprint density at radius 1 is 1.19 bits per heavy atom. The van der Waals surface area contributed by atoms with Crippen molar-refractivity contribution in [3.05, 3.63) is 0 Å². The lowest BCUT2D eigenvalue weighted by atomic mass is 9.99. The molecule has 0 amide bonds. The second-order valence-electron chi connectivity index (χ2n) is 6.00. The topological polar surface area (TPSA) is 18.5 Å². The molecule has 0 radical (unpaired) electrons. The lowest BCUT2D eigenvalue weighted by molar-refractivity contribution is 0.165. The van der Waals surface area contributed by atoms with E-state index in [4.69, 9.17) is 0 Å². The number of nitrogens with zero attached hydrogens (tertiary/aromatic N) is 2. The summed E-state index contributed by atoms with van der Waals surface area (Å²) in [5.74, 6) is 0.820. The number of likely N-dealkylation sites (N-methyl/N-ethyl adjacent to an activating group) is 1. The van der Waals surface area contributed by atoms with Crippen molar-refractivity contribution in [1.82, 2.24) is 15.1 Å². The second-order valence-corrected chi connectivity index (χ2v) is 6.00. The molecule has 0 spiro atoms. The first kappa shape index (κ1) is 12.3. The molecule has 4 unspecified atom stereocenters. The van der Waals surface area contributed by atoms with Gasteiger partial charge in [-0.3, -0.25) is 4.90 Å². The van der Waals surface area contributed by atoms with Crippen molar-refractivity contribution in [2.75, 3.05) is 33.7 Å². The maximum atomic E-state index is 3.54. The van der Waals surface area contributed by atoms with Crippen LogP contribution in [0.15, 0.2) is 0 Å². The molecule has 2 aliphatic heterocycles. The van der Waals surface area contributed by atoms with Gasteiger partial charge < -0.3 is 10.2 Å². The minimum absolute atomic E-state index is 0.701. The fraction of sp³-hybridized carbons (Fsp3) is 1.00. The van der Waals surface area contributed by atoms with Crippen LogP contribution < -0.4 is 5.32 Å². The molecule has 0 saturated carbocycles. The van der Waals surface area contributed by atoms with Crippen LogP contribution >= 0.6 is 0 Å². The minimum atomic E-state index is 0.701. The third kappa shape index (κ3) is 2.58. The summed E-state index contributed by atoms with van der Waals surface area (Å²) in [4.78, 5) is 5.13. The minimum Gasteiger partial charge on any atom is -0.314 e. The molecule has 94 valence electrons. The van der Waals surface area contributed by atoms with Gasteiger partial charge in [-0.1, -0.05) is 6.92 Å². The first-order valence-electron chi connectivity index (χ1n) is 6.71. The fourth-order valence-electron chi connectivity index (χ4n) is 3.39. The van der Waals surface area contributed by atoms with Crippen LogP contribution in [0.5, 0.6) is 0 Å². The number of hydrogen-bond donors (Lipinski definition) is 1. The molecular weight excluding hydrogens is 198 g/mol. The molecule has 0 bridgehead atoms. The number of piperidine rings is 1. The Balaban J connectivity index is 1.91. The van der Waals surface area contributed by atoms with E-state index in [1.807, 2.05) is 0 Å². The van der Waals surface area contributed by atoms with Crippen molar-refractivity contribution in [2.24, 2.45) is 5.92 Å². The van der Waals surface area contributed by atoms with Gasteiger partial charge in [0.1, 0.15) is 0 Å².